The molecule has 0 amide bonds. The smallest absolute Gasteiger partial charge is 0.211 e. The van der Waals surface area contributed by atoms with Gasteiger partial charge in [-0.2, -0.15) is 5.10 Å². The van der Waals surface area contributed by atoms with Crippen LogP contribution in [0.5, 0.6) is 11.5 Å². The average molecular weight is 298 g/mol. The highest BCUT2D eigenvalue weighted by Crippen LogP contribution is 2.28. The lowest BCUT2D eigenvalue weighted by molar-refractivity contribution is 0.284. The van der Waals surface area contributed by atoms with Crippen LogP contribution in [0.15, 0.2) is 58.7 Å². The fourth-order valence-electron chi connectivity index (χ4n) is 1.78. The van der Waals surface area contributed by atoms with Crippen molar-refractivity contribution in [1.29, 1.82) is 0 Å². The number of nitrogens with zero attached hydrogens (tertiary/aromatic N) is 2. The van der Waals surface area contributed by atoms with Crippen molar-refractivity contribution in [1.82, 2.24) is 0 Å². The minimum Gasteiger partial charge on any atom is -0.493 e. The number of rotatable bonds is 6. The van der Waals surface area contributed by atoms with Crippen LogP contribution in [0.4, 0.5) is 0 Å². The molecular formula is C16H18N4O2. The van der Waals surface area contributed by atoms with Crippen LogP contribution in [-0.2, 0) is 6.61 Å². The maximum absolute atomic E-state index is 5.81. The van der Waals surface area contributed by atoms with E-state index in [1.54, 1.807) is 13.2 Å². The van der Waals surface area contributed by atoms with Crippen LogP contribution in [-0.4, -0.2) is 19.3 Å². The zero-order valence-electron chi connectivity index (χ0n) is 12.3. The summed E-state index contributed by atoms with van der Waals surface area (Å²) in [5, 5.41) is 7.33. The third kappa shape index (κ3) is 4.52. The zero-order valence-corrected chi connectivity index (χ0v) is 12.3. The van der Waals surface area contributed by atoms with Crippen molar-refractivity contribution in [2.75, 3.05) is 7.11 Å². The summed E-state index contributed by atoms with van der Waals surface area (Å²) in [6.07, 6.45) is 1.54. The number of hydrogen-bond acceptors (Lipinski definition) is 4. The van der Waals surface area contributed by atoms with E-state index >= 15 is 0 Å². The van der Waals surface area contributed by atoms with E-state index in [0.29, 0.717) is 18.1 Å². The summed E-state index contributed by atoms with van der Waals surface area (Å²) in [4.78, 5) is 0. The molecule has 114 valence electrons. The number of ether oxygens (including phenoxy) is 2. The van der Waals surface area contributed by atoms with Crippen molar-refractivity contribution in [2.24, 2.45) is 21.7 Å². The van der Waals surface area contributed by atoms with Gasteiger partial charge < -0.3 is 20.9 Å². The fourth-order valence-corrected chi connectivity index (χ4v) is 1.78. The molecule has 6 nitrogen and oxygen atoms in total. The standard InChI is InChI=1S/C16H18N4O2/c1-21-14-8-7-13(10-19-20-16(17)18)9-15(14)22-11-12-5-3-2-4-6-12/h2-10H,11H2,1H3,(H4,17,18,20). The minimum absolute atomic E-state index is 0.0923. The number of guanidine groups is 1. The van der Waals surface area contributed by atoms with E-state index in [9.17, 15) is 0 Å². The van der Waals surface area contributed by atoms with E-state index in [0.717, 1.165) is 11.1 Å². The van der Waals surface area contributed by atoms with Crippen molar-refractivity contribution in [3.8, 4) is 11.5 Å². The molecular weight excluding hydrogens is 280 g/mol. The maximum Gasteiger partial charge on any atom is 0.211 e. The Balaban J connectivity index is 2.14. The summed E-state index contributed by atoms with van der Waals surface area (Å²) in [5.74, 6) is 1.18. The molecule has 0 bridgehead atoms. The SMILES string of the molecule is COc1ccc(C=NN=C(N)N)cc1OCc1ccccc1. The molecule has 0 radical (unpaired) electrons. The summed E-state index contributed by atoms with van der Waals surface area (Å²) in [5.41, 5.74) is 12.3. The lowest BCUT2D eigenvalue weighted by Gasteiger charge is -2.11. The normalized spacial score (nSPS) is 10.4. The molecule has 0 aromatic heterocycles. The highest BCUT2D eigenvalue weighted by molar-refractivity contribution is 5.82. The first kappa shape index (κ1) is 15.4. The predicted molar refractivity (Wildman–Crippen MR) is 87.2 cm³/mol. The summed E-state index contributed by atoms with van der Waals surface area (Å²) in [6.45, 7) is 0.450. The van der Waals surface area contributed by atoms with Gasteiger partial charge in [0.1, 0.15) is 6.61 Å². The molecule has 22 heavy (non-hydrogen) atoms. The highest BCUT2D eigenvalue weighted by Gasteiger charge is 2.05. The Morgan fingerprint density at radius 3 is 2.55 bits per heavy atom. The van der Waals surface area contributed by atoms with Gasteiger partial charge in [0.2, 0.25) is 5.96 Å². The molecule has 0 saturated carbocycles. The van der Waals surface area contributed by atoms with Gasteiger partial charge in [-0.15, -0.1) is 5.10 Å². The number of hydrogen-bond donors (Lipinski definition) is 2. The number of benzene rings is 2. The van der Waals surface area contributed by atoms with Gasteiger partial charge in [-0.25, -0.2) is 0 Å². The van der Waals surface area contributed by atoms with Crippen molar-refractivity contribution in [3.63, 3.8) is 0 Å². The van der Waals surface area contributed by atoms with Crippen molar-refractivity contribution < 1.29 is 9.47 Å². The first-order chi connectivity index (χ1) is 10.7. The van der Waals surface area contributed by atoms with E-state index in [4.69, 9.17) is 20.9 Å². The Labute approximate surface area is 129 Å². The highest BCUT2D eigenvalue weighted by atomic mass is 16.5. The minimum atomic E-state index is -0.0923. The molecule has 0 aliphatic heterocycles. The largest absolute Gasteiger partial charge is 0.493 e. The zero-order chi connectivity index (χ0) is 15.8. The number of methoxy groups -OCH3 is 1. The molecule has 6 heteroatoms. The van der Waals surface area contributed by atoms with Gasteiger partial charge in [-0.05, 0) is 29.3 Å². The van der Waals surface area contributed by atoms with Gasteiger partial charge in [0.15, 0.2) is 11.5 Å². The third-order valence-corrected chi connectivity index (χ3v) is 2.80. The van der Waals surface area contributed by atoms with E-state index < -0.39 is 0 Å². The monoisotopic (exact) mass is 298 g/mol. The van der Waals surface area contributed by atoms with Crippen LogP contribution >= 0.6 is 0 Å². The summed E-state index contributed by atoms with van der Waals surface area (Å²) in [7, 11) is 1.60. The molecule has 4 N–H and O–H groups in total. The lowest BCUT2D eigenvalue weighted by Crippen LogP contribution is -2.21. The Morgan fingerprint density at radius 2 is 1.86 bits per heavy atom. The molecule has 0 fully saturated rings. The summed E-state index contributed by atoms with van der Waals surface area (Å²) >= 11 is 0. The number of nitrogens with two attached hydrogens (primary N) is 2. The van der Waals surface area contributed by atoms with Crippen LogP contribution in [0.3, 0.4) is 0 Å². The van der Waals surface area contributed by atoms with E-state index in [1.165, 1.54) is 6.21 Å². The van der Waals surface area contributed by atoms with Crippen LogP contribution in [0.1, 0.15) is 11.1 Å². The molecule has 0 heterocycles. The van der Waals surface area contributed by atoms with Crippen molar-refractivity contribution >= 4 is 12.2 Å². The van der Waals surface area contributed by atoms with Gasteiger partial charge in [-0.3, -0.25) is 0 Å². The Kier molecular flexibility index (Phi) is 5.37. The topological polar surface area (TPSA) is 95.2 Å². The quantitative estimate of drug-likeness (QED) is 0.483. The predicted octanol–water partition coefficient (Wildman–Crippen LogP) is 1.88. The molecule has 2 rings (SSSR count). The van der Waals surface area contributed by atoms with E-state index in [1.807, 2.05) is 42.5 Å². The molecule has 0 unspecified atom stereocenters. The second kappa shape index (κ2) is 7.68. The Bertz CT molecular complexity index is 665. The molecule has 0 spiro atoms. The average Bonchev–Trinajstić information content (AvgIpc) is 2.54. The van der Waals surface area contributed by atoms with Crippen LogP contribution in [0.2, 0.25) is 0 Å². The van der Waals surface area contributed by atoms with Gasteiger partial charge in [-0.1, -0.05) is 30.3 Å². The molecule has 0 saturated heterocycles. The van der Waals surface area contributed by atoms with Gasteiger partial charge in [0.25, 0.3) is 0 Å². The summed E-state index contributed by atoms with van der Waals surface area (Å²) in [6, 6.07) is 15.3. The second-order valence-electron chi connectivity index (χ2n) is 4.45. The van der Waals surface area contributed by atoms with Crippen LogP contribution in [0.25, 0.3) is 0 Å². The molecule has 0 atom stereocenters. The fraction of sp³-hybridized carbons (Fsp3) is 0.125. The van der Waals surface area contributed by atoms with Crippen LogP contribution < -0.4 is 20.9 Å². The first-order valence-corrected chi connectivity index (χ1v) is 6.66. The van der Waals surface area contributed by atoms with Crippen molar-refractivity contribution in [3.05, 3.63) is 59.7 Å². The van der Waals surface area contributed by atoms with Gasteiger partial charge in [0, 0.05) is 0 Å². The second-order valence-corrected chi connectivity index (χ2v) is 4.45. The van der Waals surface area contributed by atoms with Gasteiger partial charge in [0.05, 0.1) is 13.3 Å². The Hall–Kier alpha value is -3.02. The lowest BCUT2D eigenvalue weighted by atomic mass is 10.2. The van der Waals surface area contributed by atoms with E-state index in [-0.39, 0.29) is 5.96 Å². The summed E-state index contributed by atoms with van der Waals surface area (Å²) < 4.78 is 11.1. The third-order valence-electron chi connectivity index (χ3n) is 2.80. The molecule has 2 aromatic rings. The van der Waals surface area contributed by atoms with Gasteiger partial charge >= 0.3 is 0 Å². The molecule has 0 aliphatic rings. The van der Waals surface area contributed by atoms with Crippen molar-refractivity contribution in [2.45, 2.75) is 6.61 Å². The molecule has 0 aliphatic carbocycles. The maximum atomic E-state index is 5.81. The first-order valence-electron chi connectivity index (χ1n) is 6.66. The van der Waals surface area contributed by atoms with E-state index in [2.05, 4.69) is 10.2 Å². The Morgan fingerprint density at radius 1 is 1.09 bits per heavy atom. The molecule has 2 aromatic carbocycles. The van der Waals surface area contributed by atoms with Crippen LogP contribution in [0, 0.1) is 0 Å².